The number of sulfonamides is 1. The molecule has 2 aromatic rings. The molecule has 0 bridgehead atoms. The second-order valence-corrected chi connectivity index (χ2v) is 9.32. The molecule has 1 atom stereocenters. The zero-order valence-electron chi connectivity index (χ0n) is 16.9. The lowest BCUT2D eigenvalue weighted by Crippen LogP contribution is -2.34. The lowest BCUT2D eigenvalue weighted by Gasteiger charge is -2.29. The van der Waals surface area contributed by atoms with Gasteiger partial charge >= 0.3 is 0 Å². The van der Waals surface area contributed by atoms with Crippen LogP contribution < -0.4 is 9.47 Å². The summed E-state index contributed by atoms with van der Waals surface area (Å²) in [5.74, 6) is 1.28. The number of ether oxygens (including phenoxy) is 2. The summed E-state index contributed by atoms with van der Waals surface area (Å²) in [5, 5.41) is 0. The normalized spacial score (nSPS) is 15.5. The minimum Gasteiger partial charge on any atom is -0.493 e. The summed E-state index contributed by atoms with van der Waals surface area (Å²) in [4.78, 5) is 2.21. The smallest absolute Gasteiger partial charge is 0.215 e. The van der Waals surface area contributed by atoms with Crippen LogP contribution in [-0.2, 0) is 23.1 Å². The van der Waals surface area contributed by atoms with Crippen molar-refractivity contribution in [2.24, 2.45) is 0 Å². The highest BCUT2D eigenvalue weighted by Crippen LogP contribution is 2.36. The van der Waals surface area contributed by atoms with Crippen LogP contribution in [0.3, 0.4) is 0 Å². The van der Waals surface area contributed by atoms with Gasteiger partial charge in [0.2, 0.25) is 10.0 Å². The van der Waals surface area contributed by atoms with Crippen molar-refractivity contribution in [1.82, 2.24) is 9.21 Å². The van der Waals surface area contributed by atoms with E-state index in [2.05, 4.69) is 17.0 Å². The Bertz CT molecular complexity index is 903. The Balaban J connectivity index is 1.99. The molecule has 7 heteroatoms. The molecular weight excluding hydrogens is 376 g/mol. The first-order chi connectivity index (χ1) is 13.4. The molecule has 3 rings (SSSR count). The highest BCUT2D eigenvalue weighted by atomic mass is 32.2. The maximum atomic E-state index is 12.7. The Labute approximate surface area is 167 Å². The molecule has 1 unspecified atom stereocenters. The molecule has 28 heavy (non-hydrogen) atoms. The number of nitrogens with zero attached hydrogens (tertiary/aromatic N) is 2. The molecule has 0 aromatic heterocycles. The Morgan fingerprint density at radius 1 is 1.07 bits per heavy atom. The van der Waals surface area contributed by atoms with Gasteiger partial charge in [-0.3, -0.25) is 4.90 Å². The van der Waals surface area contributed by atoms with E-state index in [1.807, 2.05) is 37.3 Å². The summed E-state index contributed by atoms with van der Waals surface area (Å²) in [5.41, 5.74) is 3.39. The van der Waals surface area contributed by atoms with Crippen LogP contribution in [-0.4, -0.2) is 51.2 Å². The number of hydrogen-bond donors (Lipinski definition) is 0. The van der Waals surface area contributed by atoms with Crippen LogP contribution in [0.5, 0.6) is 11.5 Å². The third kappa shape index (κ3) is 4.32. The maximum Gasteiger partial charge on any atom is 0.215 e. The van der Waals surface area contributed by atoms with Gasteiger partial charge in [0.1, 0.15) is 0 Å². The van der Waals surface area contributed by atoms with Gasteiger partial charge in [0, 0.05) is 27.2 Å². The average molecular weight is 405 g/mol. The molecule has 1 heterocycles. The predicted molar refractivity (Wildman–Crippen MR) is 110 cm³/mol. The van der Waals surface area contributed by atoms with Gasteiger partial charge in [-0.2, -0.15) is 0 Å². The Morgan fingerprint density at radius 2 is 1.71 bits per heavy atom. The van der Waals surface area contributed by atoms with E-state index in [9.17, 15) is 8.42 Å². The molecule has 1 aliphatic heterocycles. The van der Waals surface area contributed by atoms with Crippen LogP contribution >= 0.6 is 0 Å². The van der Waals surface area contributed by atoms with Gasteiger partial charge in [-0.1, -0.05) is 30.3 Å². The van der Waals surface area contributed by atoms with Crippen molar-refractivity contribution >= 4 is 10.0 Å². The van der Waals surface area contributed by atoms with Gasteiger partial charge < -0.3 is 9.47 Å². The number of benzene rings is 2. The predicted octanol–water partition coefficient (Wildman–Crippen LogP) is 3.04. The molecular formula is C21H28N2O4S. The zero-order chi connectivity index (χ0) is 20.3. The minimum absolute atomic E-state index is 0.00584. The summed E-state index contributed by atoms with van der Waals surface area (Å²) < 4.78 is 37.8. The Hall–Kier alpha value is -2.09. The largest absolute Gasteiger partial charge is 0.493 e. The molecule has 0 fully saturated rings. The van der Waals surface area contributed by atoms with Gasteiger partial charge in [-0.05, 0) is 35.7 Å². The van der Waals surface area contributed by atoms with Crippen molar-refractivity contribution in [1.29, 1.82) is 0 Å². The van der Waals surface area contributed by atoms with Crippen LogP contribution in [0.25, 0.3) is 0 Å². The van der Waals surface area contributed by atoms with Crippen molar-refractivity contribution in [2.75, 3.05) is 33.6 Å². The fourth-order valence-corrected chi connectivity index (χ4v) is 4.61. The molecule has 0 spiro atoms. The first-order valence-corrected chi connectivity index (χ1v) is 11.0. The van der Waals surface area contributed by atoms with Gasteiger partial charge in [-0.25, -0.2) is 12.7 Å². The topological polar surface area (TPSA) is 59.1 Å². The molecule has 2 aromatic carbocycles. The molecule has 0 saturated carbocycles. The van der Waals surface area contributed by atoms with E-state index >= 15 is 0 Å². The van der Waals surface area contributed by atoms with Crippen LogP contribution in [0.15, 0.2) is 42.5 Å². The van der Waals surface area contributed by atoms with Gasteiger partial charge in [-0.15, -0.1) is 0 Å². The zero-order valence-corrected chi connectivity index (χ0v) is 17.7. The van der Waals surface area contributed by atoms with Crippen molar-refractivity contribution in [3.05, 3.63) is 59.2 Å². The summed E-state index contributed by atoms with van der Waals surface area (Å²) >= 11 is 0. The average Bonchev–Trinajstić information content (AvgIpc) is 3.10. The van der Waals surface area contributed by atoms with E-state index in [0.717, 1.165) is 18.7 Å². The van der Waals surface area contributed by atoms with E-state index in [0.29, 0.717) is 18.1 Å². The van der Waals surface area contributed by atoms with E-state index in [1.165, 1.54) is 15.4 Å². The van der Waals surface area contributed by atoms with Crippen LogP contribution in [0.4, 0.5) is 0 Å². The lowest BCUT2D eigenvalue weighted by atomic mass is 10.1. The van der Waals surface area contributed by atoms with E-state index in [1.54, 1.807) is 21.2 Å². The van der Waals surface area contributed by atoms with Crippen molar-refractivity contribution in [3.63, 3.8) is 0 Å². The summed E-state index contributed by atoms with van der Waals surface area (Å²) in [6.45, 7) is 3.87. The second kappa shape index (κ2) is 8.51. The second-order valence-electron chi connectivity index (χ2n) is 7.09. The highest BCUT2D eigenvalue weighted by Gasteiger charge is 2.32. The number of methoxy groups -OCH3 is 1. The van der Waals surface area contributed by atoms with Gasteiger partial charge in [0.25, 0.3) is 0 Å². The Kier molecular flexibility index (Phi) is 6.27. The van der Waals surface area contributed by atoms with E-state index in [4.69, 9.17) is 9.47 Å². The summed E-state index contributed by atoms with van der Waals surface area (Å²) in [6, 6.07) is 13.6. The highest BCUT2D eigenvalue weighted by molar-refractivity contribution is 7.89. The third-order valence-electron chi connectivity index (χ3n) is 5.10. The van der Waals surface area contributed by atoms with E-state index in [-0.39, 0.29) is 11.8 Å². The van der Waals surface area contributed by atoms with Crippen LogP contribution in [0.1, 0.15) is 29.7 Å². The first kappa shape index (κ1) is 20.6. The number of fused-ring (bicyclic) bond motifs is 1. The Morgan fingerprint density at radius 3 is 2.25 bits per heavy atom. The number of hydrogen-bond acceptors (Lipinski definition) is 5. The fraction of sp³-hybridized carbons (Fsp3) is 0.429. The quantitative estimate of drug-likeness (QED) is 0.677. The number of rotatable bonds is 8. The van der Waals surface area contributed by atoms with Crippen LogP contribution in [0, 0.1) is 0 Å². The summed E-state index contributed by atoms with van der Waals surface area (Å²) in [6.07, 6.45) is 0. The summed E-state index contributed by atoms with van der Waals surface area (Å²) in [7, 11) is 1.36. The van der Waals surface area contributed by atoms with Crippen molar-refractivity contribution < 1.29 is 17.9 Å². The molecule has 1 aliphatic rings. The molecule has 0 N–H and O–H groups in total. The lowest BCUT2D eigenvalue weighted by molar-refractivity contribution is 0.214. The maximum absolute atomic E-state index is 12.7. The standard InChI is InChI=1S/C21H28N2O4S/c1-5-27-21-12-16(10-11-20(21)26-4)19(15-28(24,25)22(2)3)23-13-17-8-6-7-9-18(17)14-23/h6-12,19H,5,13-15H2,1-4H3. The molecule has 0 aliphatic carbocycles. The van der Waals surface area contributed by atoms with Gasteiger partial charge in [0.15, 0.2) is 11.5 Å². The molecule has 152 valence electrons. The SMILES string of the molecule is CCOc1cc(C(CS(=O)(=O)N(C)C)N2Cc3ccccc3C2)ccc1OC. The van der Waals surface area contributed by atoms with Crippen LogP contribution in [0.2, 0.25) is 0 Å². The van der Waals surface area contributed by atoms with Gasteiger partial charge in [0.05, 0.1) is 25.5 Å². The molecule has 0 radical (unpaired) electrons. The molecule has 6 nitrogen and oxygen atoms in total. The van der Waals surface area contributed by atoms with Crippen molar-refractivity contribution in [2.45, 2.75) is 26.1 Å². The van der Waals surface area contributed by atoms with Crippen molar-refractivity contribution in [3.8, 4) is 11.5 Å². The molecule has 0 amide bonds. The monoisotopic (exact) mass is 404 g/mol. The van der Waals surface area contributed by atoms with E-state index < -0.39 is 10.0 Å². The first-order valence-electron chi connectivity index (χ1n) is 9.37. The molecule has 0 saturated heterocycles. The third-order valence-corrected chi connectivity index (χ3v) is 6.95. The fourth-order valence-electron chi connectivity index (χ4n) is 3.51. The minimum atomic E-state index is -3.39.